The van der Waals surface area contributed by atoms with Crippen LogP contribution in [0.2, 0.25) is 0 Å². The van der Waals surface area contributed by atoms with Crippen LogP contribution in [-0.4, -0.2) is 37.0 Å². The first-order valence-corrected chi connectivity index (χ1v) is 7.39. The number of carboxylic acid groups (broad SMARTS) is 1. The summed E-state index contributed by atoms with van der Waals surface area (Å²) >= 11 is 0. The molecular weight excluding hydrogens is 287 g/mol. The third kappa shape index (κ3) is 4.34. The van der Waals surface area contributed by atoms with Gasteiger partial charge in [0.2, 0.25) is 10.0 Å². The molecule has 0 radical (unpaired) electrons. The Hall–Kier alpha value is -0.830. The fourth-order valence-corrected chi connectivity index (χ4v) is 3.22. The second-order valence-electron chi connectivity index (χ2n) is 4.73. The van der Waals surface area contributed by atoms with Gasteiger partial charge < -0.3 is 5.11 Å². The Balaban J connectivity index is 2.60. The van der Waals surface area contributed by atoms with Gasteiger partial charge in [0.25, 0.3) is 0 Å². The lowest BCUT2D eigenvalue weighted by molar-refractivity contribution is -0.142. The van der Waals surface area contributed by atoms with Crippen LogP contribution in [-0.2, 0) is 14.8 Å². The van der Waals surface area contributed by atoms with Crippen LogP contribution >= 0.6 is 0 Å². The van der Waals surface area contributed by atoms with E-state index in [1.165, 1.54) is 0 Å². The molecule has 5 nitrogen and oxygen atoms in total. The first kappa shape index (κ1) is 16.2. The number of carboxylic acids is 1. The number of halogens is 3. The molecule has 0 heterocycles. The summed E-state index contributed by atoms with van der Waals surface area (Å²) in [6, 6.07) is -0.620. The van der Waals surface area contributed by atoms with Crippen LogP contribution in [0.25, 0.3) is 0 Å². The highest BCUT2D eigenvalue weighted by Crippen LogP contribution is 2.28. The van der Waals surface area contributed by atoms with E-state index in [0.29, 0.717) is 6.92 Å². The second kappa shape index (κ2) is 5.66. The highest BCUT2D eigenvalue weighted by atomic mass is 32.2. The minimum absolute atomic E-state index is 0.237. The van der Waals surface area contributed by atoms with E-state index in [9.17, 15) is 26.4 Å². The zero-order chi connectivity index (χ0) is 14.8. The minimum Gasteiger partial charge on any atom is -0.481 e. The Morgan fingerprint density at radius 1 is 1.26 bits per heavy atom. The van der Waals surface area contributed by atoms with Gasteiger partial charge in [-0.05, 0) is 32.6 Å². The molecule has 0 aromatic heterocycles. The minimum atomic E-state index is -4.82. The van der Waals surface area contributed by atoms with Crippen molar-refractivity contribution in [3.05, 3.63) is 0 Å². The molecule has 0 saturated heterocycles. The predicted molar refractivity (Wildman–Crippen MR) is 61.0 cm³/mol. The van der Waals surface area contributed by atoms with Crippen LogP contribution in [0.4, 0.5) is 13.2 Å². The van der Waals surface area contributed by atoms with Crippen molar-refractivity contribution < 1.29 is 31.5 Å². The molecule has 1 saturated carbocycles. The maximum absolute atomic E-state index is 12.4. The molecule has 1 fully saturated rings. The van der Waals surface area contributed by atoms with Crippen LogP contribution < -0.4 is 4.72 Å². The zero-order valence-corrected chi connectivity index (χ0v) is 11.1. The molecule has 1 unspecified atom stereocenters. The Labute approximate surface area is 109 Å². The number of rotatable bonds is 4. The summed E-state index contributed by atoms with van der Waals surface area (Å²) < 4.78 is 62.2. The van der Waals surface area contributed by atoms with Gasteiger partial charge >= 0.3 is 12.1 Å². The summed E-state index contributed by atoms with van der Waals surface area (Å²) in [5.74, 6) is -1.49. The Bertz CT molecular complexity index is 427. The van der Waals surface area contributed by atoms with Crippen molar-refractivity contribution in [2.24, 2.45) is 5.92 Å². The molecule has 1 aliphatic rings. The lowest BCUT2D eigenvalue weighted by Gasteiger charge is -2.28. The lowest BCUT2D eigenvalue weighted by Crippen LogP contribution is -2.47. The van der Waals surface area contributed by atoms with E-state index < -0.39 is 39.4 Å². The molecule has 9 heteroatoms. The van der Waals surface area contributed by atoms with Crippen molar-refractivity contribution in [1.82, 2.24) is 4.72 Å². The highest BCUT2D eigenvalue weighted by molar-refractivity contribution is 7.90. The second-order valence-corrected chi connectivity index (χ2v) is 6.77. The van der Waals surface area contributed by atoms with E-state index in [4.69, 9.17) is 5.11 Å². The van der Waals surface area contributed by atoms with Gasteiger partial charge in [-0.15, -0.1) is 0 Å². The fraction of sp³-hybridized carbons (Fsp3) is 0.900. The van der Waals surface area contributed by atoms with Gasteiger partial charge in [-0.2, -0.15) is 13.2 Å². The fourth-order valence-electron chi connectivity index (χ4n) is 1.97. The molecule has 2 N–H and O–H groups in total. The summed E-state index contributed by atoms with van der Waals surface area (Å²) in [7, 11) is -4.48. The number of hydrogen-bond donors (Lipinski definition) is 2. The largest absolute Gasteiger partial charge is 0.481 e. The molecule has 0 aliphatic heterocycles. The van der Waals surface area contributed by atoms with E-state index >= 15 is 0 Å². The van der Waals surface area contributed by atoms with E-state index in [-0.39, 0.29) is 25.7 Å². The summed E-state index contributed by atoms with van der Waals surface area (Å²) in [6.07, 6.45) is -3.81. The molecule has 0 bridgehead atoms. The van der Waals surface area contributed by atoms with Gasteiger partial charge in [-0.3, -0.25) is 4.79 Å². The van der Waals surface area contributed by atoms with Crippen molar-refractivity contribution >= 4 is 16.0 Å². The molecule has 0 amide bonds. The Morgan fingerprint density at radius 2 is 1.74 bits per heavy atom. The van der Waals surface area contributed by atoms with Crippen molar-refractivity contribution in [3.8, 4) is 0 Å². The molecule has 0 aromatic rings. The van der Waals surface area contributed by atoms with Crippen molar-refractivity contribution in [2.45, 2.75) is 50.1 Å². The third-order valence-corrected chi connectivity index (χ3v) is 5.19. The van der Waals surface area contributed by atoms with Crippen molar-refractivity contribution in [3.63, 3.8) is 0 Å². The van der Waals surface area contributed by atoms with Crippen LogP contribution in [0.1, 0.15) is 32.6 Å². The topological polar surface area (TPSA) is 83.5 Å². The first-order valence-electron chi connectivity index (χ1n) is 5.84. The number of sulfonamides is 1. The molecule has 112 valence electrons. The van der Waals surface area contributed by atoms with Gasteiger partial charge in [0.1, 0.15) is 0 Å². The summed E-state index contributed by atoms with van der Waals surface area (Å²) in [4.78, 5) is 10.7. The summed E-state index contributed by atoms with van der Waals surface area (Å²) in [5.41, 5.74) is 0. The molecule has 1 rings (SSSR count). The van der Waals surface area contributed by atoms with E-state index in [1.54, 1.807) is 0 Å². The SMILES string of the molecule is CC(C(F)(F)F)S(=O)(=O)NC1CCC(C(=O)O)CC1. The Kier molecular flexibility index (Phi) is 4.83. The quantitative estimate of drug-likeness (QED) is 0.824. The van der Waals surface area contributed by atoms with Crippen LogP contribution in [0.15, 0.2) is 0 Å². The molecule has 1 atom stereocenters. The maximum atomic E-state index is 12.4. The third-order valence-electron chi connectivity index (χ3n) is 3.33. The summed E-state index contributed by atoms with van der Waals surface area (Å²) in [5, 5.41) is 6.29. The monoisotopic (exact) mass is 303 g/mol. The number of hydrogen-bond acceptors (Lipinski definition) is 3. The number of nitrogens with one attached hydrogen (secondary N) is 1. The number of alkyl halides is 3. The van der Waals surface area contributed by atoms with Crippen molar-refractivity contribution in [1.29, 1.82) is 0 Å². The average molecular weight is 303 g/mol. The van der Waals surface area contributed by atoms with E-state index in [0.717, 1.165) is 0 Å². The highest BCUT2D eigenvalue weighted by Gasteiger charge is 2.46. The standard InChI is InChI=1S/C10H16F3NO4S/c1-6(10(11,12)13)19(17,18)14-8-4-2-7(3-5-8)9(15)16/h6-8,14H,2-5H2,1H3,(H,15,16). The average Bonchev–Trinajstić information content (AvgIpc) is 2.27. The molecule has 0 aromatic carbocycles. The van der Waals surface area contributed by atoms with Crippen molar-refractivity contribution in [2.75, 3.05) is 0 Å². The maximum Gasteiger partial charge on any atom is 0.406 e. The zero-order valence-electron chi connectivity index (χ0n) is 10.3. The van der Waals surface area contributed by atoms with Gasteiger partial charge in [0.05, 0.1) is 5.92 Å². The van der Waals surface area contributed by atoms with E-state index in [2.05, 4.69) is 0 Å². The Morgan fingerprint density at radius 3 is 2.11 bits per heavy atom. The number of carbonyl (C=O) groups is 1. The predicted octanol–water partition coefficient (Wildman–Crippen LogP) is 1.50. The van der Waals surface area contributed by atoms with Gasteiger partial charge in [0, 0.05) is 6.04 Å². The first-order chi connectivity index (χ1) is 8.54. The smallest absolute Gasteiger partial charge is 0.406 e. The molecule has 0 spiro atoms. The number of aliphatic carboxylic acids is 1. The van der Waals surface area contributed by atoms with E-state index in [1.807, 2.05) is 4.72 Å². The van der Waals surface area contributed by atoms with Crippen LogP contribution in [0.3, 0.4) is 0 Å². The molecule has 19 heavy (non-hydrogen) atoms. The lowest BCUT2D eigenvalue weighted by atomic mass is 9.87. The van der Waals surface area contributed by atoms with Gasteiger partial charge in [0.15, 0.2) is 5.25 Å². The van der Waals surface area contributed by atoms with Gasteiger partial charge in [-0.1, -0.05) is 0 Å². The van der Waals surface area contributed by atoms with Crippen LogP contribution in [0, 0.1) is 5.92 Å². The molecule has 1 aliphatic carbocycles. The normalized spacial score (nSPS) is 26.9. The molecular formula is C10H16F3NO4S. The van der Waals surface area contributed by atoms with Crippen LogP contribution in [0.5, 0.6) is 0 Å². The summed E-state index contributed by atoms with van der Waals surface area (Å²) in [6.45, 7) is 0.589. The van der Waals surface area contributed by atoms with Gasteiger partial charge in [-0.25, -0.2) is 13.1 Å².